The highest BCUT2D eigenvalue weighted by atomic mass is 16.5. The summed E-state index contributed by atoms with van der Waals surface area (Å²) in [5.41, 5.74) is 11.4. The Morgan fingerprint density at radius 2 is 2.00 bits per heavy atom. The van der Waals surface area contributed by atoms with Crippen molar-refractivity contribution in [1.29, 1.82) is 5.26 Å². The second kappa shape index (κ2) is 8.95. The molecule has 0 unspecified atom stereocenters. The minimum absolute atomic E-state index is 0.206. The van der Waals surface area contributed by atoms with Gasteiger partial charge in [-0.05, 0) is 62.3 Å². The Hall–Kier alpha value is -2.85. The average molecular weight is 435 g/mol. The fraction of sp³-hybridized carbons (Fsp3) is 0.560. The molecule has 170 valence electrons. The van der Waals surface area contributed by atoms with Crippen LogP contribution in [0.5, 0.6) is 5.75 Å². The third-order valence-electron chi connectivity index (χ3n) is 6.99. The van der Waals surface area contributed by atoms with Crippen molar-refractivity contribution < 1.29 is 4.74 Å². The number of hydrogen-bond donors (Lipinski definition) is 2. The fourth-order valence-corrected chi connectivity index (χ4v) is 5.31. The lowest BCUT2D eigenvalue weighted by Gasteiger charge is -2.37. The third-order valence-corrected chi connectivity index (χ3v) is 6.99. The van der Waals surface area contributed by atoms with E-state index in [-0.39, 0.29) is 11.5 Å². The molecule has 1 aromatic heterocycles. The molecule has 2 aliphatic rings. The first kappa shape index (κ1) is 22.3. The van der Waals surface area contributed by atoms with E-state index in [1.165, 1.54) is 5.56 Å². The van der Waals surface area contributed by atoms with E-state index in [9.17, 15) is 5.26 Å². The maximum Gasteiger partial charge on any atom is 0.143 e. The van der Waals surface area contributed by atoms with E-state index in [1.807, 2.05) is 7.05 Å². The summed E-state index contributed by atoms with van der Waals surface area (Å²) in [7, 11) is 4.09. The number of nitrogens with two attached hydrogens (primary N) is 1. The Labute approximate surface area is 191 Å². The standard InChI is InChI=1S/C25H34N6O/c1-25(2)14-19-18(22-21(25)24(27)30-15-29-22)10-11-20(23(19)31(4)13-5-12-26)32-17-8-6-16(28-3)7-9-17/h10-11,15-17,28H,5-9,13-14H2,1-4H3,(H2,27,29,30)/t16-,17-. The lowest BCUT2D eigenvalue weighted by Crippen LogP contribution is -2.34. The Morgan fingerprint density at radius 3 is 2.69 bits per heavy atom. The number of nitrogens with one attached hydrogen (secondary N) is 1. The van der Waals surface area contributed by atoms with Gasteiger partial charge in [-0.15, -0.1) is 0 Å². The van der Waals surface area contributed by atoms with Gasteiger partial charge < -0.3 is 20.7 Å². The van der Waals surface area contributed by atoms with Crippen molar-refractivity contribution in [2.24, 2.45) is 0 Å². The first-order valence-corrected chi connectivity index (χ1v) is 11.5. The Bertz CT molecular complexity index is 1020. The molecule has 2 aromatic rings. The summed E-state index contributed by atoms with van der Waals surface area (Å²) in [4.78, 5) is 11.1. The average Bonchev–Trinajstić information content (AvgIpc) is 2.77. The van der Waals surface area contributed by atoms with Crippen LogP contribution in [-0.4, -0.2) is 42.8 Å². The lowest BCUT2D eigenvalue weighted by atomic mass is 9.71. The molecule has 1 fully saturated rings. The van der Waals surface area contributed by atoms with Gasteiger partial charge in [-0.25, -0.2) is 9.97 Å². The van der Waals surface area contributed by atoms with E-state index in [2.05, 4.69) is 59.3 Å². The summed E-state index contributed by atoms with van der Waals surface area (Å²) < 4.78 is 6.62. The molecule has 1 aromatic carbocycles. The molecule has 0 saturated heterocycles. The van der Waals surface area contributed by atoms with Crippen molar-refractivity contribution >= 4 is 11.5 Å². The summed E-state index contributed by atoms with van der Waals surface area (Å²) >= 11 is 0. The van der Waals surface area contributed by atoms with Crippen LogP contribution in [0.3, 0.4) is 0 Å². The van der Waals surface area contributed by atoms with Gasteiger partial charge in [0.2, 0.25) is 0 Å². The molecule has 7 heteroatoms. The fourth-order valence-electron chi connectivity index (χ4n) is 5.31. The number of nitrogens with zero attached hydrogens (tertiary/aromatic N) is 4. The summed E-state index contributed by atoms with van der Waals surface area (Å²) in [5, 5.41) is 12.6. The van der Waals surface area contributed by atoms with Gasteiger partial charge in [0.1, 0.15) is 17.9 Å². The highest BCUT2D eigenvalue weighted by Gasteiger charge is 2.37. The van der Waals surface area contributed by atoms with Crippen LogP contribution in [0, 0.1) is 11.3 Å². The SMILES string of the molecule is CN[C@H]1CC[C@H](Oc2ccc3c(c2N(C)CCC#N)CC(C)(C)c2c(N)ncnc2-3)CC1. The van der Waals surface area contributed by atoms with Gasteiger partial charge in [0.05, 0.1) is 30.0 Å². The van der Waals surface area contributed by atoms with Crippen LogP contribution in [0.15, 0.2) is 18.5 Å². The van der Waals surface area contributed by atoms with Gasteiger partial charge in [-0.3, -0.25) is 0 Å². The lowest BCUT2D eigenvalue weighted by molar-refractivity contribution is 0.142. The molecule has 0 amide bonds. The van der Waals surface area contributed by atoms with E-state index in [4.69, 9.17) is 10.5 Å². The zero-order chi connectivity index (χ0) is 22.9. The highest BCUT2D eigenvalue weighted by molar-refractivity contribution is 5.83. The predicted molar refractivity (Wildman–Crippen MR) is 128 cm³/mol. The number of aromatic nitrogens is 2. The Balaban J connectivity index is 1.77. The second-order valence-electron chi connectivity index (χ2n) is 9.69. The van der Waals surface area contributed by atoms with Crippen LogP contribution >= 0.6 is 0 Å². The second-order valence-corrected chi connectivity index (χ2v) is 9.69. The Morgan fingerprint density at radius 1 is 1.25 bits per heavy atom. The zero-order valence-electron chi connectivity index (χ0n) is 19.6. The molecular formula is C25H34N6O. The highest BCUT2D eigenvalue weighted by Crippen LogP contribution is 2.49. The summed E-state index contributed by atoms with van der Waals surface area (Å²) in [6.45, 7) is 5.04. The van der Waals surface area contributed by atoms with Crippen molar-refractivity contribution in [1.82, 2.24) is 15.3 Å². The quantitative estimate of drug-likeness (QED) is 0.713. The number of benzene rings is 1. The Kier molecular flexibility index (Phi) is 6.25. The predicted octanol–water partition coefficient (Wildman–Crippen LogP) is 3.82. The van der Waals surface area contributed by atoms with Gasteiger partial charge in [0.25, 0.3) is 0 Å². The molecule has 0 aliphatic heterocycles. The molecule has 4 rings (SSSR count). The number of fused-ring (bicyclic) bond motifs is 3. The largest absolute Gasteiger partial charge is 0.488 e. The van der Waals surface area contributed by atoms with E-state index >= 15 is 0 Å². The van der Waals surface area contributed by atoms with Crippen molar-refractivity contribution in [2.75, 3.05) is 31.3 Å². The summed E-state index contributed by atoms with van der Waals surface area (Å²) in [6, 6.07) is 7.04. The summed E-state index contributed by atoms with van der Waals surface area (Å²) in [6.07, 6.45) is 7.37. The minimum atomic E-state index is -0.206. The molecule has 7 nitrogen and oxygen atoms in total. The van der Waals surface area contributed by atoms with Crippen LogP contribution in [-0.2, 0) is 11.8 Å². The first-order valence-electron chi connectivity index (χ1n) is 11.5. The van der Waals surface area contributed by atoms with Gasteiger partial charge in [0.15, 0.2) is 0 Å². The monoisotopic (exact) mass is 434 g/mol. The first-order chi connectivity index (χ1) is 15.4. The van der Waals surface area contributed by atoms with Crippen LogP contribution in [0.1, 0.15) is 57.1 Å². The zero-order valence-corrected chi connectivity index (χ0v) is 19.6. The van der Waals surface area contributed by atoms with E-state index in [1.54, 1.807) is 6.33 Å². The number of hydrogen-bond acceptors (Lipinski definition) is 7. The maximum absolute atomic E-state index is 9.18. The molecule has 32 heavy (non-hydrogen) atoms. The molecule has 1 heterocycles. The van der Waals surface area contributed by atoms with Gasteiger partial charge in [-0.2, -0.15) is 5.26 Å². The number of rotatable bonds is 6. The smallest absolute Gasteiger partial charge is 0.143 e. The van der Waals surface area contributed by atoms with Gasteiger partial charge in [0, 0.05) is 30.8 Å². The number of nitrogen functional groups attached to an aromatic ring is 1. The van der Waals surface area contributed by atoms with Crippen molar-refractivity contribution in [2.45, 2.75) is 69.9 Å². The molecule has 0 radical (unpaired) electrons. The van der Waals surface area contributed by atoms with E-state index in [0.717, 1.165) is 60.4 Å². The van der Waals surface area contributed by atoms with Crippen molar-refractivity contribution in [3.05, 3.63) is 29.6 Å². The topological polar surface area (TPSA) is 100 Å². The number of ether oxygens (including phenoxy) is 1. The van der Waals surface area contributed by atoms with Crippen molar-refractivity contribution in [3.8, 4) is 23.1 Å². The molecule has 3 N–H and O–H groups in total. The maximum atomic E-state index is 9.18. The van der Waals surface area contributed by atoms with Crippen LogP contribution in [0.25, 0.3) is 11.3 Å². The van der Waals surface area contributed by atoms with Crippen molar-refractivity contribution in [3.63, 3.8) is 0 Å². The minimum Gasteiger partial charge on any atom is -0.488 e. The van der Waals surface area contributed by atoms with Crippen LogP contribution in [0.4, 0.5) is 11.5 Å². The van der Waals surface area contributed by atoms with Crippen LogP contribution < -0.4 is 20.7 Å². The molecule has 0 bridgehead atoms. The normalized spacial score (nSPS) is 21.2. The van der Waals surface area contributed by atoms with E-state index in [0.29, 0.717) is 24.8 Å². The number of nitriles is 1. The third kappa shape index (κ3) is 4.12. The molecule has 2 aliphatic carbocycles. The van der Waals surface area contributed by atoms with Gasteiger partial charge in [-0.1, -0.05) is 13.8 Å². The molecule has 1 saturated carbocycles. The van der Waals surface area contributed by atoms with Gasteiger partial charge >= 0.3 is 0 Å². The number of anilines is 2. The summed E-state index contributed by atoms with van der Waals surface area (Å²) in [5.74, 6) is 1.45. The molecular weight excluding hydrogens is 400 g/mol. The van der Waals surface area contributed by atoms with Crippen LogP contribution in [0.2, 0.25) is 0 Å². The molecule has 0 spiro atoms. The van der Waals surface area contributed by atoms with E-state index < -0.39 is 0 Å². The molecule has 0 atom stereocenters.